The number of aromatic carboxylic acids is 1. The van der Waals surface area contributed by atoms with Gasteiger partial charge in [-0.15, -0.1) is 0 Å². The number of aliphatic hydroxyl groups excluding tert-OH is 1. The maximum absolute atomic E-state index is 11.4. The van der Waals surface area contributed by atoms with Crippen LogP contribution in [0, 0.1) is 11.3 Å². The zero-order valence-electron chi connectivity index (χ0n) is 12.5. The number of carboxylic acid groups (broad SMARTS) is 1. The molecule has 0 aromatic heterocycles. The summed E-state index contributed by atoms with van der Waals surface area (Å²) in [7, 11) is 0. The lowest BCUT2D eigenvalue weighted by Gasteiger charge is -2.12. The molecule has 2 N–H and O–H groups in total. The van der Waals surface area contributed by atoms with E-state index in [0.717, 1.165) is 5.56 Å². The second-order valence-electron chi connectivity index (χ2n) is 5.11. The van der Waals surface area contributed by atoms with Crippen LogP contribution in [0.5, 0.6) is 5.75 Å². The molecule has 0 aliphatic heterocycles. The van der Waals surface area contributed by atoms with Gasteiger partial charge in [0, 0.05) is 0 Å². The number of hydrogen-bond donors (Lipinski definition) is 2. The van der Waals surface area contributed by atoms with Crippen molar-refractivity contribution in [3.8, 4) is 11.8 Å². The number of ether oxygens (including phenoxy) is 1. The van der Waals surface area contributed by atoms with Gasteiger partial charge in [-0.1, -0.05) is 30.3 Å². The Morgan fingerprint density at radius 2 is 1.96 bits per heavy atom. The van der Waals surface area contributed by atoms with Gasteiger partial charge in [0.25, 0.3) is 0 Å². The summed E-state index contributed by atoms with van der Waals surface area (Å²) in [5.74, 6) is -0.523. The molecule has 0 saturated carbocycles. The van der Waals surface area contributed by atoms with Crippen molar-refractivity contribution in [1.29, 1.82) is 5.26 Å². The lowest BCUT2D eigenvalue weighted by molar-refractivity contribution is 0.0695. The zero-order chi connectivity index (χ0) is 16.7. The molecule has 0 bridgehead atoms. The molecule has 1 atom stereocenters. The van der Waals surface area contributed by atoms with Crippen LogP contribution >= 0.6 is 0 Å². The third-order valence-electron chi connectivity index (χ3n) is 3.31. The highest BCUT2D eigenvalue weighted by molar-refractivity contribution is 5.89. The van der Waals surface area contributed by atoms with Crippen molar-refractivity contribution in [3.63, 3.8) is 0 Å². The summed E-state index contributed by atoms with van der Waals surface area (Å²) in [5.41, 5.74) is 1.85. The summed E-state index contributed by atoms with van der Waals surface area (Å²) in [6.45, 7) is -0.00917. The minimum absolute atomic E-state index is 0.00917. The molecule has 2 rings (SSSR count). The molecule has 5 nitrogen and oxygen atoms in total. The molecule has 0 spiro atoms. The quantitative estimate of drug-likeness (QED) is 0.820. The van der Waals surface area contributed by atoms with Crippen LogP contribution in [0.2, 0.25) is 0 Å². The zero-order valence-corrected chi connectivity index (χ0v) is 12.5. The van der Waals surface area contributed by atoms with E-state index in [0.29, 0.717) is 17.7 Å². The first-order valence-corrected chi connectivity index (χ1v) is 7.18. The smallest absolute Gasteiger partial charge is 0.335 e. The number of aliphatic hydroxyl groups is 1. The lowest BCUT2D eigenvalue weighted by Crippen LogP contribution is -2.16. The minimum Gasteiger partial charge on any atom is -0.491 e. The predicted octanol–water partition coefficient (Wildman–Crippen LogP) is 2.63. The second-order valence-corrected chi connectivity index (χ2v) is 5.11. The molecule has 23 heavy (non-hydrogen) atoms. The fourth-order valence-corrected chi connectivity index (χ4v) is 2.19. The fraction of sp³-hybridized carbons (Fsp3) is 0.222. The van der Waals surface area contributed by atoms with E-state index in [2.05, 4.69) is 0 Å². The lowest BCUT2D eigenvalue weighted by atomic mass is 9.99. The monoisotopic (exact) mass is 311 g/mol. The Kier molecular flexibility index (Phi) is 5.73. The van der Waals surface area contributed by atoms with Gasteiger partial charge in [-0.3, -0.25) is 0 Å². The summed E-state index contributed by atoms with van der Waals surface area (Å²) in [6.07, 6.45) is -0.401. The highest BCUT2D eigenvalue weighted by Crippen LogP contribution is 2.21. The van der Waals surface area contributed by atoms with E-state index in [-0.39, 0.29) is 18.6 Å². The Labute approximate surface area is 134 Å². The van der Waals surface area contributed by atoms with E-state index in [1.165, 1.54) is 6.07 Å². The topological polar surface area (TPSA) is 90.5 Å². The molecule has 0 aliphatic carbocycles. The summed E-state index contributed by atoms with van der Waals surface area (Å²) < 4.78 is 5.44. The van der Waals surface area contributed by atoms with Crippen LogP contribution in [0.4, 0.5) is 0 Å². The maximum Gasteiger partial charge on any atom is 0.335 e. The third kappa shape index (κ3) is 4.83. The Hall–Kier alpha value is -2.84. The maximum atomic E-state index is 11.4. The third-order valence-corrected chi connectivity index (χ3v) is 3.31. The first kappa shape index (κ1) is 16.5. The van der Waals surface area contributed by atoms with E-state index in [9.17, 15) is 15.0 Å². The molecule has 0 heterocycles. The van der Waals surface area contributed by atoms with E-state index in [4.69, 9.17) is 10.00 Å². The van der Waals surface area contributed by atoms with E-state index in [1.54, 1.807) is 12.1 Å². The number of nitrogens with zero attached hydrogens (tertiary/aromatic N) is 1. The molecule has 1 unspecified atom stereocenters. The highest BCUT2D eigenvalue weighted by Gasteiger charge is 2.13. The molecule has 2 aromatic rings. The summed E-state index contributed by atoms with van der Waals surface area (Å²) in [4.78, 5) is 11.4. The number of rotatable bonds is 7. The van der Waals surface area contributed by atoms with Crippen molar-refractivity contribution in [2.75, 3.05) is 6.61 Å². The van der Waals surface area contributed by atoms with Crippen molar-refractivity contribution in [3.05, 3.63) is 65.2 Å². The Morgan fingerprint density at radius 1 is 1.22 bits per heavy atom. The Morgan fingerprint density at radius 3 is 2.61 bits per heavy atom. The van der Waals surface area contributed by atoms with Gasteiger partial charge >= 0.3 is 5.97 Å². The summed E-state index contributed by atoms with van der Waals surface area (Å²) >= 11 is 0. The van der Waals surface area contributed by atoms with E-state index < -0.39 is 12.1 Å². The normalized spacial score (nSPS) is 11.5. The van der Waals surface area contributed by atoms with E-state index in [1.807, 2.05) is 36.4 Å². The van der Waals surface area contributed by atoms with Crippen molar-refractivity contribution in [2.45, 2.75) is 18.9 Å². The van der Waals surface area contributed by atoms with Crippen LogP contribution in [0.1, 0.15) is 27.9 Å². The number of hydrogen-bond acceptors (Lipinski definition) is 4. The number of benzene rings is 2. The fourth-order valence-electron chi connectivity index (χ4n) is 2.19. The molecule has 118 valence electrons. The molecule has 0 fully saturated rings. The molecule has 0 amide bonds. The van der Waals surface area contributed by atoms with Gasteiger partial charge in [-0.2, -0.15) is 5.26 Å². The van der Waals surface area contributed by atoms with Gasteiger partial charge in [0.15, 0.2) is 0 Å². The average molecular weight is 311 g/mol. The van der Waals surface area contributed by atoms with Gasteiger partial charge in [-0.25, -0.2) is 4.79 Å². The van der Waals surface area contributed by atoms with E-state index >= 15 is 0 Å². The molecular formula is C18H17NO4. The molecule has 0 aliphatic rings. The second kappa shape index (κ2) is 7.97. The molecule has 0 saturated heterocycles. The first-order valence-electron chi connectivity index (χ1n) is 7.18. The van der Waals surface area contributed by atoms with Crippen LogP contribution in [-0.4, -0.2) is 28.9 Å². The summed E-state index contributed by atoms with van der Waals surface area (Å²) in [6, 6.07) is 16.1. The minimum atomic E-state index is -0.994. The van der Waals surface area contributed by atoms with Gasteiger partial charge in [0.2, 0.25) is 0 Å². The number of carboxylic acids is 1. The van der Waals surface area contributed by atoms with Crippen molar-refractivity contribution in [1.82, 2.24) is 0 Å². The van der Waals surface area contributed by atoms with Crippen LogP contribution < -0.4 is 4.74 Å². The summed E-state index contributed by atoms with van der Waals surface area (Å²) in [5, 5.41) is 27.3. The van der Waals surface area contributed by atoms with Crippen molar-refractivity contribution in [2.24, 2.45) is 0 Å². The predicted molar refractivity (Wildman–Crippen MR) is 84.4 cm³/mol. The van der Waals surface area contributed by atoms with Crippen molar-refractivity contribution < 1.29 is 19.7 Å². The standard InChI is InChI=1S/C18H17NO4/c19-9-8-15(20)12-23-16-6-7-17(18(21)22)14(11-16)10-13-4-2-1-3-5-13/h1-7,11,15,20H,8,10,12H2,(H,21,22). The van der Waals surface area contributed by atoms with Crippen LogP contribution in [-0.2, 0) is 6.42 Å². The van der Waals surface area contributed by atoms with Gasteiger partial charge in [-0.05, 0) is 35.7 Å². The average Bonchev–Trinajstić information content (AvgIpc) is 2.54. The SMILES string of the molecule is N#CCC(O)COc1ccc(C(=O)O)c(Cc2ccccc2)c1. The van der Waals surface area contributed by atoms with Gasteiger partial charge < -0.3 is 14.9 Å². The van der Waals surface area contributed by atoms with Crippen molar-refractivity contribution >= 4 is 5.97 Å². The molecule has 2 aromatic carbocycles. The Bertz CT molecular complexity index is 707. The molecular weight excluding hydrogens is 294 g/mol. The molecule has 5 heteroatoms. The molecule has 0 radical (unpaired) electrons. The van der Waals surface area contributed by atoms with Gasteiger partial charge in [0.1, 0.15) is 18.5 Å². The first-order chi connectivity index (χ1) is 11.1. The number of nitriles is 1. The van der Waals surface area contributed by atoms with Crippen LogP contribution in [0.15, 0.2) is 48.5 Å². The Balaban J connectivity index is 2.19. The largest absolute Gasteiger partial charge is 0.491 e. The van der Waals surface area contributed by atoms with Crippen LogP contribution in [0.25, 0.3) is 0 Å². The van der Waals surface area contributed by atoms with Crippen LogP contribution in [0.3, 0.4) is 0 Å². The highest BCUT2D eigenvalue weighted by atomic mass is 16.5. The number of carbonyl (C=O) groups is 1. The van der Waals surface area contributed by atoms with Gasteiger partial charge in [0.05, 0.1) is 18.1 Å².